The van der Waals surface area contributed by atoms with Gasteiger partial charge in [-0.2, -0.15) is 0 Å². The van der Waals surface area contributed by atoms with Gasteiger partial charge >= 0.3 is 11.9 Å². The molecule has 0 amide bonds. The third kappa shape index (κ3) is 0.903. The van der Waals surface area contributed by atoms with Crippen LogP contribution in [0.15, 0.2) is 0 Å². The molecule has 0 spiro atoms. The van der Waals surface area contributed by atoms with Crippen molar-refractivity contribution in [1.82, 2.24) is 0 Å². The highest BCUT2D eigenvalue weighted by atomic mass is 16.6. The second-order valence-corrected chi connectivity index (χ2v) is 2.37. The van der Waals surface area contributed by atoms with Gasteiger partial charge in [-0.25, -0.2) is 4.79 Å². The van der Waals surface area contributed by atoms with Crippen LogP contribution in [0, 0.1) is 0 Å². The Bertz CT molecular complexity index is 186. The topological polar surface area (TPSA) is 52.6 Å². The van der Waals surface area contributed by atoms with Crippen LogP contribution in [-0.2, 0) is 19.1 Å². The maximum Gasteiger partial charge on any atom is 0.346 e. The van der Waals surface area contributed by atoms with E-state index < -0.39 is 17.5 Å². The van der Waals surface area contributed by atoms with Crippen LogP contribution in [0.2, 0.25) is 0 Å². The van der Waals surface area contributed by atoms with E-state index in [9.17, 15) is 9.59 Å². The van der Waals surface area contributed by atoms with Crippen molar-refractivity contribution in [3.63, 3.8) is 0 Å². The van der Waals surface area contributed by atoms with Crippen molar-refractivity contribution in [1.29, 1.82) is 0 Å². The molecule has 4 heteroatoms. The van der Waals surface area contributed by atoms with E-state index in [0.29, 0.717) is 0 Å². The van der Waals surface area contributed by atoms with Crippen LogP contribution in [-0.4, -0.2) is 24.6 Å². The molecular formula is C6H8O4. The third-order valence-corrected chi connectivity index (χ3v) is 1.57. The van der Waals surface area contributed by atoms with Crippen LogP contribution in [0.3, 0.4) is 0 Å². The molecule has 4 nitrogen and oxygen atoms in total. The molecule has 0 N–H and O–H groups in total. The Balaban J connectivity index is 2.80. The Labute approximate surface area is 58.1 Å². The van der Waals surface area contributed by atoms with Crippen LogP contribution in [0.1, 0.15) is 13.3 Å². The third-order valence-electron chi connectivity index (χ3n) is 1.57. The molecule has 0 aromatic carbocycles. The molecule has 1 unspecified atom stereocenters. The highest BCUT2D eigenvalue weighted by Crippen LogP contribution is 2.23. The van der Waals surface area contributed by atoms with Crippen LogP contribution in [0.4, 0.5) is 0 Å². The molecule has 1 atom stereocenters. The molecule has 1 aliphatic rings. The first-order valence-electron chi connectivity index (χ1n) is 2.89. The Kier molecular flexibility index (Phi) is 1.48. The van der Waals surface area contributed by atoms with E-state index >= 15 is 0 Å². The van der Waals surface area contributed by atoms with Gasteiger partial charge in [-0.1, -0.05) is 0 Å². The highest BCUT2D eigenvalue weighted by Gasteiger charge is 2.45. The van der Waals surface area contributed by atoms with E-state index in [2.05, 4.69) is 4.74 Å². The number of carbonyl (C=O) groups is 2. The van der Waals surface area contributed by atoms with E-state index in [1.807, 2.05) is 0 Å². The van der Waals surface area contributed by atoms with Gasteiger partial charge in [0.2, 0.25) is 0 Å². The molecule has 1 heterocycles. The normalized spacial score (nSPS) is 32.6. The van der Waals surface area contributed by atoms with Gasteiger partial charge in [-0.15, -0.1) is 0 Å². The van der Waals surface area contributed by atoms with Gasteiger partial charge in [-0.3, -0.25) is 4.79 Å². The van der Waals surface area contributed by atoms with Crippen molar-refractivity contribution in [2.45, 2.75) is 18.9 Å². The predicted octanol–water partition coefficient (Wildman–Crippen LogP) is -0.135. The molecule has 1 fully saturated rings. The fourth-order valence-corrected chi connectivity index (χ4v) is 0.751. The summed E-state index contributed by atoms with van der Waals surface area (Å²) in [6.07, 6.45) is 0.0162. The smallest absolute Gasteiger partial charge is 0.346 e. The number of rotatable bonds is 1. The number of carbonyl (C=O) groups excluding carboxylic acids is 2. The molecule has 1 aliphatic heterocycles. The molecule has 1 rings (SSSR count). The minimum atomic E-state index is -1.04. The lowest BCUT2D eigenvalue weighted by Crippen LogP contribution is -2.32. The molecule has 0 aliphatic carbocycles. The molecule has 0 radical (unpaired) electrons. The number of methoxy groups -OCH3 is 1. The summed E-state index contributed by atoms with van der Waals surface area (Å²) < 4.78 is 9.05. The number of hydrogen-bond donors (Lipinski definition) is 0. The van der Waals surface area contributed by atoms with Crippen molar-refractivity contribution in [3.8, 4) is 0 Å². The molecule has 1 saturated heterocycles. The zero-order valence-electron chi connectivity index (χ0n) is 5.84. The number of cyclic esters (lactones) is 2. The summed E-state index contributed by atoms with van der Waals surface area (Å²) in [6, 6.07) is 0. The van der Waals surface area contributed by atoms with Gasteiger partial charge < -0.3 is 9.47 Å². The minimum absolute atomic E-state index is 0.0162. The lowest BCUT2D eigenvalue weighted by Gasteiger charge is -2.13. The second-order valence-electron chi connectivity index (χ2n) is 2.37. The number of hydrogen-bond acceptors (Lipinski definition) is 4. The Morgan fingerprint density at radius 2 is 2.20 bits per heavy atom. The largest absolute Gasteiger partial charge is 0.391 e. The Morgan fingerprint density at radius 1 is 1.60 bits per heavy atom. The van der Waals surface area contributed by atoms with Crippen molar-refractivity contribution in [2.24, 2.45) is 0 Å². The second kappa shape index (κ2) is 2.05. The van der Waals surface area contributed by atoms with Crippen LogP contribution < -0.4 is 0 Å². The predicted molar refractivity (Wildman–Crippen MR) is 31.1 cm³/mol. The lowest BCUT2D eigenvalue weighted by atomic mass is 10.1. The summed E-state index contributed by atoms with van der Waals surface area (Å²) in [5.41, 5.74) is -1.04. The van der Waals surface area contributed by atoms with Crippen molar-refractivity contribution in [2.75, 3.05) is 7.11 Å². The van der Waals surface area contributed by atoms with Crippen LogP contribution >= 0.6 is 0 Å². The summed E-state index contributed by atoms with van der Waals surface area (Å²) in [5, 5.41) is 0. The van der Waals surface area contributed by atoms with Crippen molar-refractivity contribution < 1.29 is 19.1 Å². The first kappa shape index (κ1) is 7.21. The maximum absolute atomic E-state index is 10.8. The number of esters is 2. The quantitative estimate of drug-likeness (QED) is 0.380. The van der Waals surface area contributed by atoms with Crippen LogP contribution in [0.5, 0.6) is 0 Å². The van der Waals surface area contributed by atoms with Gasteiger partial charge in [0.25, 0.3) is 0 Å². The first-order valence-corrected chi connectivity index (χ1v) is 2.89. The van der Waals surface area contributed by atoms with E-state index in [1.165, 1.54) is 14.0 Å². The fraction of sp³-hybridized carbons (Fsp3) is 0.667. The lowest BCUT2D eigenvalue weighted by molar-refractivity contribution is -0.159. The molecule has 0 bridgehead atoms. The summed E-state index contributed by atoms with van der Waals surface area (Å²) >= 11 is 0. The van der Waals surface area contributed by atoms with Crippen molar-refractivity contribution >= 4 is 11.9 Å². The maximum atomic E-state index is 10.8. The van der Waals surface area contributed by atoms with E-state index in [0.717, 1.165) is 0 Å². The fourth-order valence-electron chi connectivity index (χ4n) is 0.751. The molecular weight excluding hydrogens is 136 g/mol. The average Bonchev–Trinajstić information content (AvgIpc) is 2.09. The minimum Gasteiger partial charge on any atom is -0.391 e. The van der Waals surface area contributed by atoms with Gasteiger partial charge in [-0.05, 0) is 6.92 Å². The first-order chi connectivity index (χ1) is 4.58. The summed E-state index contributed by atoms with van der Waals surface area (Å²) in [5.74, 6) is -1.12. The van der Waals surface area contributed by atoms with Gasteiger partial charge in [0, 0.05) is 7.11 Å². The average molecular weight is 144 g/mol. The molecule has 56 valence electrons. The number of ether oxygens (including phenoxy) is 2. The molecule has 0 aromatic rings. The van der Waals surface area contributed by atoms with Crippen molar-refractivity contribution in [3.05, 3.63) is 0 Å². The monoisotopic (exact) mass is 144 g/mol. The summed E-state index contributed by atoms with van der Waals surface area (Å²) in [4.78, 5) is 21.3. The van der Waals surface area contributed by atoms with Gasteiger partial charge in [0.05, 0.1) is 6.42 Å². The standard InChI is InChI=1S/C6H8O4/c1-6(9-2)3-4(7)10-5(6)8/h3H2,1-2H3. The van der Waals surface area contributed by atoms with E-state index in [1.54, 1.807) is 0 Å². The Hall–Kier alpha value is -0.900. The summed E-state index contributed by atoms with van der Waals surface area (Å²) in [6.45, 7) is 1.53. The van der Waals surface area contributed by atoms with Crippen LogP contribution in [0.25, 0.3) is 0 Å². The molecule has 10 heavy (non-hydrogen) atoms. The molecule has 0 aromatic heterocycles. The zero-order chi connectivity index (χ0) is 7.78. The van der Waals surface area contributed by atoms with E-state index in [4.69, 9.17) is 4.74 Å². The zero-order valence-corrected chi connectivity index (χ0v) is 5.84. The highest BCUT2D eigenvalue weighted by molar-refractivity contribution is 5.99. The van der Waals surface area contributed by atoms with Gasteiger partial charge in [0.15, 0.2) is 5.60 Å². The SMILES string of the molecule is COC1(C)CC(=O)OC1=O. The molecule has 0 saturated carbocycles. The van der Waals surface area contributed by atoms with Gasteiger partial charge in [0.1, 0.15) is 0 Å². The van der Waals surface area contributed by atoms with E-state index in [-0.39, 0.29) is 6.42 Å². The summed E-state index contributed by atoms with van der Waals surface area (Å²) in [7, 11) is 1.37. The Morgan fingerprint density at radius 3 is 2.40 bits per heavy atom.